The Morgan fingerprint density at radius 2 is 1.92 bits per heavy atom. The molecule has 3 radical (unpaired) electrons. The van der Waals surface area contributed by atoms with Gasteiger partial charge in [-0.15, -0.1) is 0 Å². The van der Waals surface area contributed by atoms with Gasteiger partial charge in [0.2, 0.25) is 0 Å². The number of hydrogen-bond donors (Lipinski definition) is 0. The van der Waals surface area contributed by atoms with E-state index in [0.29, 0.717) is 12.2 Å². The quantitative estimate of drug-likeness (QED) is 0.473. The first kappa shape index (κ1) is 12.2. The molecule has 0 amide bonds. The van der Waals surface area contributed by atoms with Crippen molar-refractivity contribution >= 4 is 32.2 Å². The summed E-state index contributed by atoms with van der Waals surface area (Å²) in [6.45, 7) is 0.439. The second-order valence-electron chi connectivity index (χ2n) is 2.23. The second kappa shape index (κ2) is 5.04. The average Bonchev–Trinajstić information content (AvgIpc) is 2.34. The van der Waals surface area contributed by atoms with Crippen LogP contribution >= 0.6 is 0 Å². The number of ether oxygens (including phenoxy) is 1. The van der Waals surface area contributed by atoms with Crippen LogP contribution in [0, 0.1) is 0 Å². The van der Waals surface area contributed by atoms with Crippen LogP contribution in [0.4, 0.5) is 0 Å². The minimum Gasteiger partial charge on any atom is -0.457 e. The first-order chi connectivity index (χ1) is 4.88. The van der Waals surface area contributed by atoms with Crippen LogP contribution in [-0.2, 0) is 30.8 Å². The number of cyclic esters (lactones) is 1. The van der Waals surface area contributed by atoms with Crippen molar-refractivity contribution in [2.45, 2.75) is 6.61 Å². The van der Waals surface area contributed by atoms with Crippen LogP contribution in [0.3, 0.4) is 0 Å². The summed E-state index contributed by atoms with van der Waals surface area (Å²) in [5.41, 5.74) is 1.70. The third-order valence-electron chi connectivity index (χ3n) is 1.60. The summed E-state index contributed by atoms with van der Waals surface area (Å²) in [4.78, 5) is 10.8. The van der Waals surface area contributed by atoms with Gasteiger partial charge in [0, 0.05) is 51.2 Å². The van der Waals surface area contributed by atoms with Crippen molar-refractivity contribution in [2.24, 2.45) is 0 Å². The fourth-order valence-corrected chi connectivity index (χ4v) is 1.07. The van der Waals surface area contributed by atoms with Crippen molar-refractivity contribution in [3.05, 3.63) is 35.4 Å². The van der Waals surface area contributed by atoms with Crippen LogP contribution in [0.15, 0.2) is 24.3 Å². The summed E-state index contributed by atoms with van der Waals surface area (Å²) >= 11 is 0. The topological polar surface area (TPSA) is 26.3 Å². The van der Waals surface area contributed by atoms with Gasteiger partial charge in [0.15, 0.2) is 0 Å². The standard InChI is InChI=1S/C8H6O2.Bi.Zn/c9-8-7-4-2-1-3-6(7)5-10-8;;/h1-4H,5H2;;. The Kier molecular flexibility index (Phi) is 5.12. The van der Waals surface area contributed by atoms with Crippen molar-refractivity contribution in [1.29, 1.82) is 0 Å². The number of benzene rings is 1. The van der Waals surface area contributed by atoms with E-state index in [1.165, 1.54) is 0 Å². The van der Waals surface area contributed by atoms with E-state index in [2.05, 4.69) is 0 Å². The van der Waals surface area contributed by atoms with Crippen LogP contribution in [0.25, 0.3) is 0 Å². The van der Waals surface area contributed by atoms with Crippen LogP contribution in [0.1, 0.15) is 15.9 Å². The Morgan fingerprint density at radius 3 is 2.58 bits per heavy atom. The van der Waals surface area contributed by atoms with Gasteiger partial charge < -0.3 is 4.74 Å². The van der Waals surface area contributed by atoms with Gasteiger partial charge in [-0.2, -0.15) is 0 Å². The fraction of sp³-hybridized carbons (Fsp3) is 0.125. The van der Waals surface area contributed by atoms with Crippen molar-refractivity contribution in [3.63, 3.8) is 0 Å². The van der Waals surface area contributed by atoms with Gasteiger partial charge in [0.1, 0.15) is 6.61 Å². The molecule has 2 nitrogen and oxygen atoms in total. The molecule has 0 fully saturated rings. The number of hydrogen-bond acceptors (Lipinski definition) is 2. The van der Waals surface area contributed by atoms with Crippen molar-refractivity contribution in [2.75, 3.05) is 0 Å². The minimum atomic E-state index is -0.199. The number of carbonyl (C=O) groups excluding carboxylic acids is 1. The molecule has 0 saturated carbocycles. The van der Waals surface area contributed by atoms with E-state index in [1.54, 1.807) is 6.07 Å². The zero-order valence-corrected chi connectivity index (χ0v) is 12.9. The monoisotopic (exact) mass is 407 g/mol. The molecule has 0 aromatic heterocycles. The fourth-order valence-electron chi connectivity index (χ4n) is 1.07. The molecule has 4 heteroatoms. The predicted molar refractivity (Wildman–Crippen MR) is 41.3 cm³/mol. The Balaban J connectivity index is 0.000000605. The van der Waals surface area contributed by atoms with Gasteiger partial charge in [-0.05, 0) is 6.07 Å². The third-order valence-corrected chi connectivity index (χ3v) is 1.60. The second-order valence-corrected chi connectivity index (χ2v) is 2.23. The summed E-state index contributed by atoms with van der Waals surface area (Å²) in [7, 11) is 0. The first-order valence-electron chi connectivity index (χ1n) is 3.13. The van der Waals surface area contributed by atoms with Gasteiger partial charge in [-0.1, -0.05) is 18.2 Å². The molecular formula is C8H6BiO2Zn. The van der Waals surface area contributed by atoms with Gasteiger partial charge in [0.25, 0.3) is 0 Å². The van der Waals surface area contributed by atoms with E-state index in [0.717, 1.165) is 5.56 Å². The maximum atomic E-state index is 10.8. The smallest absolute Gasteiger partial charge is 0.338 e. The number of fused-ring (bicyclic) bond motifs is 1. The number of esters is 1. The van der Waals surface area contributed by atoms with Crippen LogP contribution in [0.2, 0.25) is 0 Å². The molecule has 0 saturated heterocycles. The molecule has 0 N–H and O–H groups in total. The summed E-state index contributed by atoms with van der Waals surface area (Å²) < 4.78 is 4.78. The molecule has 0 atom stereocenters. The molecule has 57 valence electrons. The molecule has 0 aliphatic carbocycles. The van der Waals surface area contributed by atoms with Crippen molar-refractivity contribution in [1.82, 2.24) is 0 Å². The Labute approximate surface area is 103 Å². The SMILES string of the molecule is O=C1OCc2ccccc21.[Bi].[Zn]. The predicted octanol–water partition coefficient (Wildman–Crippen LogP) is 0.974. The van der Waals surface area contributed by atoms with Crippen LogP contribution in [-0.4, -0.2) is 32.2 Å². The van der Waals surface area contributed by atoms with Crippen molar-refractivity contribution < 1.29 is 29.0 Å². The molecule has 1 aliphatic rings. The normalized spacial score (nSPS) is 12.2. The first-order valence-corrected chi connectivity index (χ1v) is 3.13. The van der Waals surface area contributed by atoms with Gasteiger partial charge in [-0.25, -0.2) is 4.79 Å². The van der Waals surface area contributed by atoms with Gasteiger partial charge in [-0.3, -0.25) is 0 Å². The van der Waals surface area contributed by atoms with E-state index in [9.17, 15) is 4.79 Å². The molecule has 1 aromatic carbocycles. The Morgan fingerprint density at radius 1 is 1.25 bits per heavy atom. The van der Waals surface area contributed by atoms with Gasteiger partial charge >= 0.3 is 5.97 Å². The summed E-state index contributed by atoms with van der Waals surface area (Å²) in [5.74, 6) is -0.199. The van der Waals surface area contributed by atoms with E-state index < -0.39 is 0 Å². The Bertz CT molecular complexity index is 288. The molecule has 1 aromatic rings. The zero-order valence-electron chi connectivity index (χ0n) is 6.49. The minimum absolute atomic E-state index is 0. The van der Waals surface area contributed by atoms with E-state index in [-0.39, 0.29) is 51.7 Å². The van der Waals surface area contributed by atoms with Gasteiger partial charge in [0.05, 0.1) is 5.56 Å². The Hall–Kier alpha value is 0.196. The van der Waals surface area contributed by atoms with Crippen LogP contribution < -0.4 is 0 Å². The van der Waals surface area contributed by atoms with E-state index in [4.69, 9.17) is 4.74 Å². The largest absolute Gasteiger partial charge is 0.457 e. The number of rotatable bonds is 0. The summed E-state index contributed by atoms with van der Waals surface area (Å²) in [6.07, 6.45) is 0. The van der Waals surface area contributed by atoms with E-state index >= 15 is 0 Å². The average molecular weight is 409 g/mol. The van der Waals surface area contributed by atoms with E-state index in [1.807, 2.05) is 18.2 Å². The zero-order chi connectivity index (χ0) is 6.97. The molecule has 0 bridgehead atoms. The maximum Gasteiger partial charge on any atom is 0.338 e. The summed E-state index contributed by atoms with van der Waals surface area (Å²) in [5, 5.41) is 0. The molecule has 2 rings (SSSR count). The molecule has 0 spiro atoms. The molecule has 12 heavy (non-hydrogen) atoms. The number of carbonyl (C=O) groups is 1. The van der Waals surface area contributed by atoms with Crippen molar-refractivity contribution in [3.8, 4) is 0 Å². The maximum absolute atomic E-state index is 10.8. The molecule has 1 aliphatic heterocycles. The van der Waals surface area contributed by atoms with Crippen LogP contribution in [0.5, 0.6) is 0 Å². The molecular weight excluding hydrogens is 402 g/mol. The third kappa shape index (κ3) is 2.11. The summed E-state index contributed by atoms with van der Waals surface area (Å²) in [6, 6.07) is 7.43. The molecule has 1 heterocycles. The molecule has 0 unspecified atom stereocenters.